The number of carbonyl (C=O) groups excluding carboxylic acids is 1. The molecule has 2 heterocycles. The van der Waals surface area contributed by atoms with Gasteiger partial charge in [0.2, 0.25) is 0 Å². The van der Waals surface area contributed by atoms with Crippen molar-refractivity contribution in [2.75, 3.05) is 20.2 Å². The Morgan fingerprint density at radius 2 is 2.15 bits per heavy atom. The Hall–Kier alpha value is -2.60. The maximum absolute atomic E-state index is 13.0. The van der Waals surface area contributed by atoms with E-state index in [2.05, 4.69) is 4.98 Å². The zero-order chi connectivity index (χ0) is 18.5. The Balaban J connectivity index is 1.69. The van der Waals surface area contributed by atoms with Crippen LogP contribution in [0.5, 0.6) is 5.75 Å². The van der Waals surface area contributed by atoms with Crippen molar-refractivity contribution in [2.45, 2.75) is 32.5 Å². The van der Waals surface area contributed by atoms with Crippen LogP contribution in [0.15, 0.2) is 42.7 Å². The number of aliphatic hydroxyl groups is 1. The quantitative estimate of drug-likeness (QED) is 0.865. The first-order valence-electron chi connectivity index (χ1n) is 8.90. The van der Waals surface area contributed by atoms with Gasteiger partial charge in [-0.25, -0.2) is 4.79 Å². The molecule has 0 fully saturated rings. The van der Waals surface area contributed by atoms with Crippen LogP contribution < -0.4 is 4.74 Å². The number of ether oxygens (including phenoxy) is 1. The number of benzene rings is 1. The van der Waals surface area contributed by atoms with Gasteiger partial charge in [0, 0.05) is 37.6 Å². The summed E-state index contributed by atoms with van der Waals surface area (Å²) in [5, 5.41) is 10.5. The molecule has 0 radical (unpaired) electrons. The van der Waals surface area contributed by atoms with E-state index in [0.29, 0.717) is 19.6 Å². The molecule has 1 aromatic heterocycles. The summed E-state index contributed by atoms with van der Waals surface area (Å²) in [6.07, 6.45) is 3.39. The summed E-state index contributed by atoms with van der Waals surface area (Å²) in [6, 6.07) is 9.47. The van der Waals surface area contributed by atoms with Gasteiger partial charge in [-0.2, -0.15) is 0 Å². The van der Waals surface area contributed by atoms with Gasteiger partial charge in [-0.3, -0.25) is 4.98 Å². The lowest BCUT2D eigenvalue weighted by Crippen LogP contribution is -2.43. The predicted molar refractivity (Wildman–Crippen MR) is 98.7 cm³/mol. The van der Waals surface area contributed by atoms with Crippen LogP contribution >= 0.6 is 0 Å². The molecule has 0 saturated carbocycles. The molecule has 1 atom stereocenters. The van der Waals surface area contributed by atoms with Crippen molar-refractivity contribution in [1.82, 2.24) is 14.8 Å². The van der Waals surface area contributed by atoms with Gasteiger partial charge in [-0.05, 0) is 35.7 Å². The lowest BCUT2D eigenvalue weighted by molar-refractivity contribution is 0.102. The van der Waals surface area contributed by atoms with E-state index < -0.39 is 6.10 Å². The fourth-order valence-corrected chi connectivity index (χ4v) is 3.26. The van der Waals surface area contributed by atoms with E-state index in [0.717, 1.165) is 28.9 Å². The molecule has 1 aromatic carbocycles. The molecular weight excluding hydrogens is 330 g/mol. The van der Waals surface area contributed by atoms with Gasteiger partial charge < -0.3 is 19.6 Å². The average molecular weight is 355 g/mol. The van der Waals surface area contributed by atoms with Crippen LogP contribution in [-0.2, 0) is 13.1 Å². The van der Waals surface area contributed by atoms with E-state index in [1.807, 2.05) is 36.1 Å². The topological polar surface area (TPSA) is 65.9 Å². The molecule has 1 aliphatic rings. The number of carbonyl (C=O) groups is 1. The molecule has 2 aromatic rings. The van der Waals surface area contributed by atoms with E-state index in [4.69, 9.17) is 4.74 Å². The lowest BCUT2D eigenvalue weighted by atomic mass is 10.1. The van der Waals surface area contributed by atoms with Gasteiger partial charge in [0.05, 0.1) is 19.8 Å². The largest absolute Gasteiger partial charge is 0.497 e. The number of nitrogens with zero attached hydrogens (tertiary/aromatic N) is 3. The summed E-state index contributed by atoms with van der Waals surface area (Å²) in [5.74, 6) is 0.801. The monoisotopic (exact) mass is 355 g/mol. The van der Waals surface area contributed by atoms with Crippen molar-refractivity contribution >= 4 is 6.03 Å². The van der Waals surface area contributed by atoms with Crippen LogP contribution in [0.2, 0.25) is 0 Å². The van der Waals surface area contributed by atoms with Gasteiger partial charge in [-0.15, -0.1) is 0 Å². The molecule has 0 spiro atoms. The number of methoxy groups -OCH3 is 1. The Morgan fingerprint density at radius 3 is 2.85 bits per heavy atom. The average Bonchev–Trinajstić information content (AvgIpc) is 3.10. The minimum atomic E-state index is -0.746. The predicted octanol–water partition coefficient (Wildman–Crippen LogP) is 2.97. The van der Waals surface area contributed by atoms with E-state index in [-0.39, 0.29) is 12.6 Å². The summed E-state index contributed by atoms with van der Waals surface area (Å²) >= 11 is 0. The summed E-state index contributed by atoms with van der Waals surface area (Å²) in [7, 11) is 1.64. The third-order valence-electron chi connectivity index (χ3n) is 4.63. The zero-order valence-electron chi connectivity index (χ0n) is 15.3. The minimum absolute atomic E-state index is 0.0510. The second kappa shape index (κ2) is 8.19. The third kappa shape index (κ3) is 3.96. The maximum Gasteiger partial charge on any atom is 0.320 e. The molecule has 1 aliphatic heterocycles. The van der Waals surface area contributed by atoms with E-state index >= 15 is 0 Å². The fourth-order valence-electron chi connectivity index (χ4n) is 3.26. The first-order valence-corrected chi connectivity index (χ1v) is 8.90. The first kappa shape index (κ1) is 18.2. The van der Waals surface area contributed by atoms with Crippen molar-refractivity contribution in [1.29, 1.82) is 0 Å². The smallest absolute Gasteiger partial charge is 0.320 e. The van der Waals surface area contributed by atoms with Crippen molar-refractivity contribution in [3.63, 3.8) is 0 Å². The molecule has 138 valence electrons. The van der Waals surface area contributed by atoms with Gasteiger partial charge in [0.25, 0.3) is 0 Å². The number of aromatic nitrogens is 1. The van der Waals surface area contributed by atoms with Crippen LogP contribution in [0.1, 0.15) is 36.1 Å². The number of aliphatic hydroxyl groups excluding tert-OH is 1. The molecule has 0 aliphatic carbocycles. The molecule has 0 bridgehead atoms. The zero-order valence-corrected chi connectivity index (χ0v) is 15.3. The van der Waals surface area contributed by atoms with Crippen molar-refractivity contribution in [3.05, 3.63) is 59.4 Å². The van der Waals surface area contributed by atoms with Crippen molar-refractivity contribution in [2.24, 2.45) is 0 Å². The SMILES string of the molecule is CCCN(CC(O)c1cccnc1)C(=O)N1Cc2ccc(OC)cc2C1. The fraction of sp³-hybridized carbons (Fsp3) is 0.400. The van der Waals surface area contributed by atoms with Crippen molar-refractivity contribution in [3.8, 4) is 5.75 Å². The summed E-state index contributed by atoms with van der Waals surface area (Å²) < 4.78 is 5.27. The lowest BCUT2D eigenvalue weighted by Gasteiger charge is -2.29. The number of fused-ring (bicyclic) bond motifs is 1. The standard InChI is InChI=1S/C20H25N3O3/c1-3-9-22(14-19(24)15-5-4-8-21-11-15)20(25)23-12-16-6-7-18(26-2)10-17(16)13-23/h4-8,10-11,19,24H,3,9,12-14H2,1-2H3. The second-order valence-electron chi connectivity index (χ2n) is 6.52. The first-order chi connectivity index (χ1) is 12.6. The van der Waals surface area contributed by atoms with Crippen LogP contribution in [0.25, 0.3) is 0 Å². The van der Waals surface area contributed by atoms with E-state index in [1.54, 1.807) is 30.5 Å². The molecule has 1 unspecified atom stereocenters. The molecular formula is C20H25N3O3. The third-order valence-corrected chi connectivity index (χ3v) is 4.63. The Labute approximate surface area is 154 Å². The Morgan fingerprint density at radius 1 is 1.35 bits per heavy atom. The van der Waals surface area contributed by atoms with Crippen LogP contribution in [-0.4, -0.2) is 46.1 Å². The van der Waals surface area contributed by atoms with Gasteiger partial charge in [0.15, 0.2) is 0 Å². The molecule has 1 N–H and O–H groups in total. The highest BCUT2D eigenvalue weighted by Crippen LogP contribution is 2.28. The molecule has 6 nitrogen and oxygen atoms in total. The minimum Gasteiger partial charge on any atom is -0.497 e. The molecule has 3 rings (SSSR count). The highest BCUT2D eigenvalue weighted by molar-refractivity contribution is 5.75. The number of amides is 2. The van der Waals surface area contributed by atoms with E-state index in [9.17, 15) is 9.90 Å². The number of hydrogen-bond acceptors (Lipinski definition) is 4. The van der Waals surface area contributed by atoms with Crippen LogP contribution in [0.3, 0.4) is 0 Å². The Bertz CT molecular complexity index is 751. The number of hydrogen-bond donors (Lipinski definition) is 1. The van der Waals surface area contributed by atoms with E-state index in [1.165, 1.54) is 0 Å². The summed E-state index contributed by atoms with van der Waals surface area (Å²) in [4.78, 5) is 20.6. The highest BCUT2D eigenvalue weighted by Gasteiger charge is 2.28. The molecule has 26 heavy (non-hydrogen) atoms. The summed E-state index contributed by atoms with van der Waals surface area (Å²) in [6.45, 7) is 4.04. The molecule has 0 saturated heterocycles. The normalized spacial score (nSPS) is 14.0. The van der Waals surface area contributed by atoms with Crippen LogP contribution in [0, 0.1) is 0 Å². The highest BCUT2D eigenvalue weighted by atomic mass is 16.5. The number of rotatable bonds is 6. The van der Waals surface area contributed by atoms with Crippen molar-refractivity contribution < 1.29 is 14.6 Å². The summed E-state index contributed by atoms with van der Waals surface area (Å²) in [5.41, 5.74) is 2.97. The Kier molecular flexibility index (Phi) is 5.73. The molecule has 2 amide bonds. The van der Waals surface area contributed by atoms with Gasteiger partial charge in [0.1, 0.15) is 5.75 Å². The van der Waals surface area contributed by atoms with Gasteiger partial charge in [-0.1, -0.05) is 19.1 Å². The number of urea groups is 1. The second-order valence-corrected chi connectivity index (χ2v) is 6.52. The number of pyridine rings is 1. The van der Waals surface area contributed by atoms with Gasteiger partial charge >= 0.3 is 6.03 Å². The molecule has 6 heteroatoms. The maximum atomic E-state index is 13.0. The van der Waals surface area contributed by atoms with Crippen LogP contribution in [0.4, 0.5) is 4.79 Å².